The van der Waals surface area contributed by atoms with E-state index in [1.807, 2.05) is 0 Å². The van der Waals surface area contributed by atoms with Crippen LogP contribution >= 0.6 is 11.8 Å². The van der Waals surface area contributed by atoms with E-state index in [0.29, 0.717) is 0 Å². The number of hydrogen-bond donors (Lipinski definition) is 0. The van der Waals surface area contributed by atoms with Gasteiger partial charge in [0, 0.05) is 0 Å². The average molecular weight is 311 g/mol. The SMILES string of the molecule is C1CCC(CCCCSCCCCC2CCCCC2)CC1. The van der Waals surface area contributed by atoms with E-state index in [-0.39, 0.29) is 0 Å². The van der Waals surface area contributed by atoms with Gasteiger partial charge in [-0.3, -0.25) is 0 Å². The molecule has 0 atom stereocenters. The van der Waals surface area contributed by atoms with Gasteiger partial charge in [-0.25, -0.2) is 0 Å². The Morgan fingerprint density at radius 1 is 0.524 bits per heavy atom. The molecule has 2 fully saturated rings. The summed E-state index contributed by atoms with van der Waals surface area (Å²) in [5.41, 5.74) is 0. The molecule has 1 heteroatoms. The molecule has 0 aromatic heterocycles. The van der Waals surface area contributed by atoms with Crippen LogP contribution in [0.5, 0.6) is 0 Å². The molecule has 2 saturated carbocycles. The molecule has 124 valence electrons. The molecule has 0 unspecified atom stereocenters. The van der Waals surface area contributed by atoms with Crippen molar-refractivity contribution in [2.45, 2.75) is 103 Å². The van der Waals surface area contributed by atoms with Crippen LogP contribution in [0.4, 0.5) is 0 Å². The second-order valence-electron chi connectivity index (χ2n) is 7.61. The smallest absolute Gasteiger partial charge is 0.00675 e. The van der Waals surface area contributed by atoms with E-state index in [0.717, 1.165) is 11.8 Å². The molecule has 0 aromatic rings. The van der Waals surface area contributed by atoms with Crippen LogP contribution < -0.4 is 0 Å². The molecule has 2 rings (SSSR count). The van der Waals surface area contributed by atoms with Crippen LogP contribution in [0.1, 0.15) is 103 Å². The highest BCUT2D eigenvalue weighted by molar-refractivity contribution is 7.99. The van der Waals surface area contributed by atoms with Crippen molar-refractivity contribution in [3.63, 3.8) is 0 Å². The first-order chi connectivity index (χ1) is 10.4. The Morgan fingerprint density at radius 2 is 0.952 bits per heavy atom. The van der Waals surface area contributed by atoms with Crippen molar-refractivity contribution < 1.29 is 0 Å². The molecule has 0 amide bonds. The zero-order valence-corrected chi connectivity index (χ0v) is 15.1. The number of hydrogen-bond acceptors (Lipinski definition) is 1. The van der Waals surface area contributed by atoms with Gasteiger partial charge in [-0.1, -0.05) is 89.9 Å². The normalized spacial score (nSPS) is 21.7. The van der Waals surface area contributed by atoms with Crippen LogP contribution in [0.25, 0.3) is 0 Å². The van der Waals surface area contributed by atoms with Crippen LogP contribution in [-0.2, 0) is 0 Å². The standard InChI is InChI=1S/C20H38S/c1-3-11-19(12-4-1)15-7-9-17-21-18-10-8-16-20-13-5-2-6-14-20/h19-20H,1-18H2. The monoisotopic (exact) mass is 310 g/mol. The Morgan fingerprint density at radius 3 is 1.38 bits per heavy atom. The fourth-order valence-corrected chi connectivity index (χ4v) is 5.35. The predicted octanol–water partition coefficient (Wildman–Crippen LogP) is 7.22. The van der Waals surface area contributed by atoms with Gasteiger partial charge in [0.2, 0.25) is 0 Å². The summed E-state index contributed by atoms with van der Waals surface area (Å²) >= 11 is 2.23. The van der Waals surface area contributed by atoms with E-state index in [1.54, 1.807) is 0 Å². The molecule has 0 aromatic carbocycles. The van der Waals surface area contributed by atoms with Crippen molar-refractivity contribution in [2.75, 3.05) is 11.5 Å². The Kier molecular flexibility index (Phi) is 9.99. The van der Waals surface area contributed by atoms with Crippen molar-refractivity contribution in [1.82, 2.24) is 0 Å². The zero-order valence-electron chi connectivity index (χ0n) is 14.3. The molecule has 0 saturated heterocycles. The largest absolute Gasteiger partial charge is 0.162 e. The number of thioether (sulfide) groups is 1. The molecule has 0 spiro atoms. The molecule has 0 heterocycles. The minimum Gasteiger partial charge on any atom is -0.162 e. The summed E-state index contributed by atoms with van der Waals surface area (Å²) in [7, 11) is 0. The van der Waals surface area contributed by atoms with Crippen molar-refractivity contribution in [2.24, 2.45) is 11.8 Å². The summed E-state index contributed by atoms with van der Waals surface area (Å²) in [6, 6.07) is 0. The molecule has 0 N–H and O–H groups in total. The van der Waals surface area contributed by atoms with Crippen molar-refractivity contribution in [3.05, 3.63) is 0 Å². The van der Waals surface area contributed by atoms with Crippen LogP contribution in [-0.4, -0.2) is 11.5 Å². The third-order valence-electron chi connectivity index (χ3n) is 5.75. The molecule has 0 bridgehead atoms. The molecule has 2 aliphatic carbocycles. The lowest BCUT2D eigenvalue weighted by atomic mass is 9.86. The zero-order chi connectivity index (χ0) is 14.6. The van der Waals surface area contributed by atoms with Crippen molar-refractivity contribution >= 4 is 11.8 Å². The van der Waals surface area contributed by atoms with Gasteiger partial charge in [0.25, 0.3) is 0 Å². The summed E-state index contributed by atoms with van der Waals surface area (Å²) in [5, 5.41) is 0. The predicted molar refractivity (Wildman–Crippen MR) is 98.2 cm³/mol. The fourth-order valence-electron chi connectivity index (χ4n) is 4.33. The highest BCUT2D eigenvalue weighted by Crippen LogP contribution is 2.29. The summed E-state index contributed by atoms with van der Waals surface area (Å²) < 4.78 is 0. The molecule has 0 nitrogen and oxygen atoms in total. The Bertz CT molecular complexity index is 202. The fraction of sp³-hybridized carbons (Fsp3) is 1.00. The first kappa shape index (κ1) is 17.7. The molecule has 21 heavy (non-hydrogen) atoms. The number of rotatable bonds is 10. The van der Waals surface area contributed by atoms with E-state index >= 15 is 0 Å². The second kappa shape index (κ2) is 11.9. The quantitative estimate of drug-likeness (QED) is 0.384. The minimum absolute atomic E-state index is 1.10. The number of unbranched alkanes of at least 4 members (excludes halogenated alkanes) is 2. The van der Waals surface area contributed by atoms with Gasteiger partial charge in [0.1, 0.15) is 0 Å². The summed E-state index contributed by atoms with van der Waals surface area (Å²) in [6.07, 6.45) is 24.2. The van der Waals surface area contributed by atoms with Gasteiger partial charge in [-0.15, -0.1) is 0 Å². The minimum atomic E-state index is 1.10. The molecule has 0 aliphatic heterocycles. The highest BCUT2D eigenvalue weighted by Gasteiger charge is 2.13. The molecular formula is C20H38S. The maximum Gasteiger partial charge on any atom is -0.00675 e. The lowest BCUT2D eigenvalue weighted by Crippen LogP contribution is -2.06. The van der Waals surface area contributed by atoms with Crippen LogP contribution in [0.3, 0.4) is 0 Å². The van der Waals surface area contributed by atoms with Crippen molar-refractivity contribution in [3.8, 4) is 0 Å². The Balaban J connectivity index is 1.30. The first-order valence-corrected chi connectivity index (χ1v) is 11.2. The molecule has 2 aliphatic rings. The van der Waals surface area contributed by atoms with Crippen molar-refractivity contribution in [1.29, 1.82) is 0 Å². The third kappa shape index (κ3) is 8.53. The maximum absolute atomic E-state index is 2.23. The Hall–Kier alpha value is 0.350. The lowest BCUT2D eigenvalue weighted by molar-refractivity contribution is 0.331. The lowest BCUT2D eigenvalue weighted by Gasteiger charge is -2.21. The van der Waals surface area contributed by atoms with Gasteiger partial charge in [-0.2, -0.15) is 11.8 Å². The Labute approximate surface area is 138 Å². The van der Waals surface area contributed by atoms with E-state index < -0.39 is 0 Å². The highest BCUT2D eigenvalue weighted by atomic mass is 32.2. The van der Waals surface area contributed by atoms with Gasteiger partial charge in [-0.05, 0) is 36.2 Å². The van der Waals surface area contributed by atoms with Crippen LogP contribution in [0.2, 0.25) is 0 Å². The second-order valence-corrected chi connectivity index (χ2v) is 8.84. The summed E-state index contributed by atoms with van der Waals surface area (Å²) in [6.45, 7) is 0. The van der Waals surface area contributed by atoms with Gasteiger partial charge in [0.15, 0.2) is 0 Å². The van der Waals surface area contributed by atoms with Crippen LogP contribution in [0, 0.1) is 11.8 Å². The maximum atomic E-state index is 2.23. The average Bonchev–Trinajstić information content (AvgIpc) is 2.55. The van der Waals surface area contributed by atoms with Gasteiger partial charge < -0.3 is 0 Å². The molecular weight excluding hydrogens is 272 g/mol. The van der Waals surface area contributed by atoms with E-state index in [2.05, 4.69) is 11.8 Å². The topological polar surface area (TPSA) is 0 Å². The summed E-state index contributed by atoms with van der Waals surface area (Å²) in [5.74, 6) is 5.05. The van der Waals surface area contributed by atoms with Crippen LogP contribution in [0.15, 0.2) is 0 Å². The van der Waals surface area contributed by atoms with Gasteiger partial charge in [0.05, 0.1) is 0 Å². The first-order valence-electron chi connectivity index (χ1n) is 10.0. The third-order valence-corrected chi connectivity index (χ3v) is 6.91. The van der Waals surface area contributed by atoms with Gasteiger partial charge >= 0.3 is 0 Å². The van der Waals surface area contributed by atoms with E-state index in [1.165, 1.54) is 114 Å². The summed E-state index contributed by atoms with van der Waals surface area (Å²) in [4.78, 5) is 0. The van der Waals surface area contributed by atoms with E-state index in [4.69, 9.17) is 0 Å². The molecule has 0 radical (unpaired) electrons. The van der Waals surface area contributed by atoms with E-state index in [9.17, 15) is 0 Å².